The molecule has 0 saturated carbocycles. The molecule has 3 atom stereocenters. The topological polar surface area (TPSA) is 45.2 Å². The summed E-state index contributed by atoms with van der Waals surface area (Å²) in [4.78, 5) is 18.7. The number of thiazole rings is 1. The highest BCUT2D eigenvalue weighted by Gasteiger charge is 2.36. The number of carbonyl (C=O) groups is 1. The van der Waals surface area contributed by atoms with Gasteiger partial charge in [0, 0.05) is 30.9 Å². The third-order valence-electron chi connectivity index (χ3n) is 4.67. The number of rotatable bonds is 4. The van der Waals surface area contributed by atoms with Gasteiger partial charge in [-0.05, 0) is 25.2 Å². The Morgan fingerprint density at radius 3 is 3.14 bits per heavy atom. The van der Waals surface area contributed by atoms with Crippen LogP contribution in [0.15, 0.2) is 5.38 Å². The van der Waals surface area contributed by atoms with Crippen LogP contribution in [0, 0.1) is 5.92 Å². The lowest BCUT2D eigenvalue weighted by molar-refractivity contribution is -0.125. The van der Waals surface area contributed by atoms with Crippen molar-refractivity contribution in [1.82, 2.24) is 15.2 Å². The number of aromatic nitrogens is 1. The van der Waals surface area contributed by atoms with E-state index in [4.69, 9.17) is 11.6 Å². The molecule has 1 aromatic rings. The van der Waals surface area contributed by atoms with Gasteiger partial charge < -0.3 is 5.32 Å². The number of halogens is 1. The first-order valence-corrected chi connectivity index (χ1v) is 9.16. The van der Waals surface area contributed by atoms with Crippen molar-refractivity contribution in [3.8, 4) is 0 Å². The standard InChI is InChI=1S/C15H22ClN3OS/c1-2-13(15-17-11(7-16)9-21-15)19-6-5-12-10(8-19)3-4-14(20)18-12/h9-10,12-13H,2-8H2,1H3,(H,18,20). The normalized spacial score (nSPS) is 28.0. The number of fused-ring (bicyclic) bond motifs is 1. The summed E-state index contributed by atoms with van der Waals surface area (Å²) in [7, 11) is 0. The van der Waals surface area contributed by atoms with Gasteiger partial charge in [0.05, 0.1) is 17.6 Å². The van der Waals surface area contributed by atoms with Gasteiger partial charge in [-0.2, -0.15) is 0 Å². The van der Waals surface area contributed by atoms with Crippen LogP contribution in [0.25, 0.3) is 0 Å². The summed E-state index contributed by atoms with van der Waals surface area (Å²) >= 11 is 7.59. The van der Waals surface area contributed by atoms with Gasteiger partial charge in [-0.1, -0.05) is 6.92 Å². The van der Waals surface area contributed by atoms with E-state index in [-0.39, 0.29) is 5.91 Å². The molecule has 4 nitrogen and oxygen atoms in total. The quantitative estimate of drug-likeness (QED) is 0.865. The molecule has 2 saturated heterocycles. The van der Waals surface area contributed by atoms with Gasteiger partial charge in [0.25, 0.3) is 0 Å². The first-order chi connectivity index (χ1) is 10.2. The van der Waals surface area contributed by atoms with Gasteiger partial charge >= 0.3 is 0 Å². The summed E-state index contributed by atoms with van der Waals surface area (Å²) in [5, 5.41) is 6.41. The summed E-state index contributed by atoms with van der Waals surface area (Å²) in [6.45, 7) is 4.33. The van der Waals surface area contributed by atoms with Gasteiger partial charge in [-0.15, -0.1) is 22.9 Å². The van der Waals surface area contributed by atoms with Gasteiger partial charge in [-0.3, -0.25) is 9.69 Å². The molecule has 0 bridgehead atoms. The van der Waals surface area contributed by atoms with E-state index in [9.17, 15) is 4.79 Å². The fraction of sp³-hybridized carbons (Fsp3) is 0.733. The van der Waals surface area contributed by atoms with Crippen LogP contribution in [0.3, 0.4) is 0 Å². The Bertz CT molecular complexity index is 507. The van der Waals surface area contributed by atoms with Crippen LogP contribution >= 0.6 is 22.9 Å². The Hall–Kier alpha value is -0.650. The van der Waals surface area contributed by atoms with Crippen molar-refractivity contribution in [2.45, 2.75) is 50.6 Å². The SMILES string of the molecule is CCC(c1nc(CCl)cs1)N1CCC2NC(=O)CCC2C1. The van der Waals surface area contributed by atoms with Crippen LogP contribution in [0.1, 0.15) is 49.4 Å². The lowest BCUT2D eigenvalue weighted by Crippen LogP contribution is -2.54. The van der Waals surface area contributed by atoms with Gasteiger partial charge in [0.15, 0.2) is 0 Å². The summed E-state index contributed by atoms with van der Waals surface area (Å²) < 4.78 is 0. The second-order valence-electron chi connectivity index (χ2n) is 5.99. The summed E-state index contributed by atoms with van der Waals surface area (Å²) in [6, 6.07) is 0.778. The summed E-state index contributed by atoms with van der Waals surface area (Å²) in [5.41, 5.74) is 0.981. The van der Waals surface area contributed by atoms with Gasteiger partial charge in [-0.25, -0.2) is 4.98 Å². The number of hydrogen-bond acceptors (Lipinski definition) is 4. The number of nitrogens with zero attached hydrogens (tertiary/aromatic N) is 2. The van der Waals surface area contributed by atoms with E-state index in [1.54, 1.807) is 11.3 Å². The van der Waals surface area contributed by atoms with Crippen LogP contribution in [-0.4, -0.2) is 34.9 Å². The number of piperidine rings is 2. The van der Waals surface area contributed by atoms with E-state index in [2.05, 4.69) is 27.5 Å². The van der Waals surface area contributed by atoms with Crippen LogP contribution in [-0.2, 0) is 10.7 Å². The van der Waals surface area contributed by atoms with Crippen LogP contribution in [0.5, 0.6) is 0 Å². The molecule has 1 amide bonds. The van der Waals surface area contributed by atoms with Crippen LogP contribution < -0.4 is 5.32 Å². The van der Waals surface area contributed by atoms with Gasteiger partial charge in [0.2, 0.25) is 5.91 Å². The number of carbonyl (C=O) groups excluding carboxylic acids is 1. The molecule has 2 aliphatic rings. The zero-order valence-electron chi connectivity index (χ0n) is 12.3. The predicted octanol–water partition coefficient (Wildman–Crippen LogP) is 2.93. The van der Waals surface area contributed by atoms with E-state index in [1.165, 1.54) is 5.01 Å². The maximum Gasteiger partial charge on any atom is 0.220 e. The molecule has 116 valence electrons. The van der Waals surface area contributed by atoms with Crippen molar-refractivity contribution in [2.24, 2.45) is 5.92 Å². The Kier molecular flexibility index (Phi) is 4.82. The summed E-state index contributed by atoms with van der Waals surface area (Å²) in [6.07, 6.45) is 3.83. The molecule has 2 fully saturated rings. The molecular weight excluding hydrogens is 306 g/mol. The molecule has 0 aliphatic carbocycles. The highest BCUT2D eigenvalue weighted by atomic mass is 35.5. The van der Waals surface area contributed by atoms with Gasteiger partial charge in [0.1, 0.15) is 5.01 Å². The number of alkyl halides is 1. The molecule has 1 N–H and O–H groups in total. The molecule has 6 heteroatoms. The number of hydrogen-bond donors (Lipinski definition) is 1. The fourth-order valence-corrected chi connectivity index (χ4v) is 4.81. The van der Waals surface area contributed by atoms with E-state index in [1.807, 2.05) is 0 Å². The smallest absolute Gasteiger partial charge is 0.220 e. The molecule has 0 aromatic carbocycles. The zero-order valence-corrected chi connectivity index (χ0v) is 13.9. The van der Waals surface area contributed by atoms with E-state index < -0.39 is 0 Å². The Balaban J connectivity index is 1.69. The third-order valence-corrected chi connectivity index (χ3v) is 5.94. The number of amides is 1. The molecule has 2 aliphatic heterocycles. The monoisotopic (exact) mass is 327 g/mol. The molecular formula is C15H22ClN3OS. The highest BCUT2D eigenvalue weighted by Crippen LogP contribution is 2.33. The number of likely N-dealkylation sites (tertiary alicyclic amines) is 1. The van der Waals surface area contributed by atoms with Crippen LogP contribution in [0.2, 0.25) is 0 Å². The lowest BCUT2D eigenvalue weighted by atomic mass is 9.84. The van der Waals surface area contributed by atoms with Crippen molar-refractivity contribution in [2.75, 3.05) is 13.1 Å². The second-order valence-corrected chi connectivity index (χ2v) is 7.15. The van der Waals surface area contributed by atoms with Crippen LogP contribution in [0.4, 0.5) is 0 Å². The minimum absolute atomic E-state index is 0.225. The van der Waals surface area contributed by atoms with E-state index >= 15 is 0 Å². The lowest BCUT2D eigenvalue weighted by Gasteiger charge is -2.43. The molecule has 3 rings (SSSR count). The van der Waals surface area contributed by atoms with E-state index in [0.29, 0.717) is 30.3 Å². The highest BCUT2D eigenvalue weighted by molar-refractivity contribution is 7.09. The molecule has 3 heterocycles. The number of nitrogens with one attached hydrogen (secondary N) is 1. The van der Waals surface area contributed by atoms with Crippen molar-refractivity contribution in [3.63, 3.8) is 0 Å². The average molecular weight is 328 g/mol. The van der Waals surface area contributed by atoms with Crippen molar-refractivity contribution in [3.05, 3.63) is 16.1 Å². The van der Waals surface area contributed by atoms with Crippen molar-refractivity contribution < 1.29 is 4.79 Å². The maximum atomic E-state index is 11.5. The second kappa shape index (κ2) is 6.63. The zero-order chi connectivity index (χ0) is 14.8. The average Bonchev–Trinajstić information content (AvgIpc) is 2.97. The Morgan fingerprint density at radius 1 is 1.57 bits per heavy atom. The van der Waals surface area contributed by atoms with Crippen molar-refractivity contribution >= 4 is 28.8 Å². The predicted molar refractivity (Wildman–Crippen MR) is 85.5 cm³/mol. The summed E-state index contributed by atoms with van der Waals surface area (Å²) in [5.74, 6) is 1.31. The fourth-order valence-electron chi connectivity index (χ4n) is 3.55. The van der Waals surface area contributed by atoms with Crippen molar-refractivity contribution in [1.29, 1.82) is 0 Å². The molecule has 1 aromatic heterocycles. The minimum Gasteiger partial charge on any atom is -0.353 e. The molecule has 3 unspecified atom stereocenters. The first kappa shape index (κ1) is 15.3. The third kappa shape index (κ3) is 3.25. The molecule has 21 heavy (non-hydrogen) atoms. The first-order valence-electron chi connectivity index (χ1n) is 7.75. The molecule has 0 radical (unpaired) electrons. The minimum atomic E-state index is 0.225. The largest absolute Gasteiger partial charge is 0.353 e. The maximum absolute atomic E-state index is 11.5. The molecule has 0 spiro atoms. The Morgan fingerprint density at radius 2 is 2.43 bits per heavy atom. The Labute approximate surface area is 134 Å². The van der Waals surface area contributed by atoms with E-state index in [0.717, 1.165) is 38.0 Å².